The van der Waals surface area contributed by atoms with Gasteiger partial charge in [-0.05, 0) is 18.6 Å². The van der Waals surface area contributed by atoms with Gasteiger partial charge in [0, 0.05) is 24.8 Å². The summed E-state index contributed by atoms with van der Waals surface area (Å²) in [5.74, 6) is -0.169. The SMILES string of the molecule is NC(=NO)c1ccc(NCC2CCO2)c([N+](=O)[O-])c1. The third kappa shape index (κ3) is 2.91. The molecular formula is C11H14N4O4. The maximum Gasteiger partial charge on any atom is 0.293 e. The van der Waals surface area contributed by atoms with Crippen molar-refractivity contribution in [3.8, 4) is 0 Å². The number of nitrogens with one attached hydrogen (secondary N) is 1. The number of nitrogens with two attached hydrogens (primary N) is 1. The van der Waals surface area contributed by atoms with Crippen LogP contribution in [0.1, 0.15) is 12.0 Å². The van der Waals surface area contributed by atoms with Gasteiger partial charge in [-0.1, -0.05) is 5.16 Å². The van der Waals surface area contributed by atoms with Gasteiger partial charge in [0.2, 0.25) is 0 Å². The van der Waals surface area contributed by atoms with Crippen molar-refractivity contribution >= 4 is 17.2 Å². The normalized spacial score (nSPS) is 18.7. The van der Waals surface area contributed by atoms with Gasteiger partial charge < -0.3 is 21.0 Å². The van der Waals surface area contributed by atoms with E-state index in [4.69, 9.17) is 15.7 Å². The molecule has 0 aromatic heterocycles. The second kappa shape index (κ2) is 5.53. The van der Waals surface area contributed by atoms with Gasteiger partial charge in [-0.3, -0.25) is 10.1 Å². The molecule has 0 bridgehead atoms. The van der Waals surface area contributed by atoms with Gasteiger partial charge >= 0.3 is 0 Å². The molecule has 1 aliphatic rings. The standard InChI is InChI=1S/C11H14N4O4/c12-11(14-16)7-1-2-9(10(5-7)15(17)18)13-6-8-3-4-19-8/h1-2,5,8,13,16H,3-4,6H2,(H2,12,14). The summed E-state index contributed by atoms with van der Waals surface area (Å²) in [7, 11) is 0. The number of anilines is 1. The summed E-state index contributed by atoms with van der Waals surface area (Å²) in [6.45, 7) is 1.25. The van der Waals surface area contributed by atoms with Gasteiger partial charge in [0.15, 0.2) is 5.84 Å². The Hall–Kier alpha value is -2.35. The van der Waals surface area contributed by atoms with Gasteiger partial charge in [-0.2, -0.15) is 0 Å². The lowest BCUT2D eigenvalue weighted by atomic mass is 10.1. The van der Waals surface area contributed by atoms with Crippen molar-refractivity contribution in [3.63, 3.8) is 0 Å². The molecule has 1 heterocycles. The average Bonchev–Trinajstić information content (AvgIpc) is 2.36. The number of oxime groups is 1. The zero-order valence-corrected chi connectivity index (χ0v) is 10.1. The van der Waals surface area contributed by atoms with Gasteiger partial charge in [-0.15, -0.1) is 0 Å². The molecule has 1 saturated heterocycles. The monoisotopic (exact) mass is 266 g/mol. The van der Waals surface area contributed by atoms with Crippen LogP contribution in [0, 0.1) is 10.1 Å². The van der Waals surface area contributed by atoms with Crippen LogP contribution in [0.5, 0.6) is 0 Å². The smallest absolute Gasteiger partial charge is 0.293 e. The van der Waals surface area contributed by atoms with Crippen LogP contribution in [0.4, 0.5) is 11.4 Å². The molecule has 1 aliphatic heterocycles. The van der Waals surface area contributed by atoms with Gasteiger partial charge in [0.25, 0.3) is 5.69 Å². The number of amidine groups is 1. The van der Waals surface area contributed by atoms with Crippen LogP contribution in [0.3, 0.4) is 0 Å². The zero-order valence-electron chi connectivity index (χ0n) is 10.1. The molecular weight excluding hydrogens is 252 g/mol. The van der Waals surface area contributed by atoms with Crippen LogP contribution in [0.15, 0.2) is 23.4 Å². The van der Waals surface area contributed by atoms with Crippen molar-refractivity contribution < 1.29 is 14.9 Å². The number of ether oxygens (including phenoxy) is 1. The average molecular weight is 266 g/mol. The molecule has 1 aromatic rings. The summed E-state index contributed by atoms with van der Waals surface area (Å²) in [6.07, 6.45) is 1.05. The van der Waals surface area contributed by atoms with Crippen LogP contribution in [-0.4, -0.2) is 35.2 Å². The fourth-order valence-corrected chi connectivity index (χ4v) is 1.72. The topological polar surface area (TPSA) is 123 Å². The predicted octanol–water partition coefficient (Wildman–Crippen LogP) is 0.890. The van der Waals surface area contributed by atoms with Crippen molar-refractivity contribution in [2.45, 2.75) is 12.5 Å². The largest absolute Gasteiger partial charge is 0.409 e. The van der Waals surface area contributed by atoms with E-state index >= 15 is 0 Å². The maximum atomic E-state index is 11.0. The number of nitrogens with zero attached hydrogens (tertiary/aromatic N) is 2. The Bertz CT molecular complexity index is 513. The van der Waals surface area contributed by atoms with Crippen molar-refractivity contribution in [1.82, 2.24) is 0 Å². The van der Waals surface area contributed by atoms with Crippen LogP contribution in [0.25, 0.3) is 0 Å². The molecule has 8 nitrogen and oxygen atoms in total. The summed E-state index contributed by atoms with van der Waals surface area (Å²) >= 11 is 0. The minimum atomic E-state index is -0.516. The Labute approximate surface area is 109 Å². The molecule has 0 saturated carbocycles. The number of nitro groups is 1. The van der Waals surface area contributed by atoms with Crippen molar-refractivity contribution in [2.24, 2.45) is 10.9 Å². The van der Waals surface area contributed by atoms with E-state index in [-0.39, 0.29) is 17.6 Å². The highest BCUT2D eigenvalue weighted by Gasteiger charge is 2.20. The number of benzene rings is 1. The fraction of sp³-hybridized carbons (Fsp3) is 0.364. The summed E-state index contributed by atoms with van der Waals surface area (Å²) in [6, 6.07) is 4.34. The van der Waals surface area contributed by atoms with E-state index in [1.165, 1.54) is 12.1 Å². The summed E-state index contributed by atoms with van der Waals surface area (Å²) in [5, 5.41) is 25.4. The Morgan fingerprint density at radius 2 is 2.42 bits per heavy atom. The lowest BCUT2D eigenvalue weighted by molar-refractivity contribution is -0.384. The summed E-state index contributed by atoms with van der Waals surface area (Å²) < 4.78 is 5.23. The lowest BCUT2D eigenvalue weighted by Crippen LogP contribution is -2.33. The molecule has 1 atom stereocenters. The molecule has 19 heavy (non-hydrogen) atoms. The minimum absolute atomic E-state index is 0.100. The molecule has 4 N–H and O–H groups in total. The highest BCUT2D eigenvalue weighted by atomic mass is 16.6. The third-order valence-corrected chi connectivity index (χ3v) is 2.91. The van der Waals surface area contributed by atoms with Crippen LogP contribution >= 0.6 is 0 Å². The Kier molecular flexibility index (Phi) is 3.81. The number of rotatable bonds is 5. The molecule has 0 radical (unpaired) electrons. The van der Waals surface area contributed by atoms with E-state index in [0.29, 0.717) is 17.8 Å². The summed E-state index contributed by atoms with van der Waals surface area (Å²) in [5.41, 5.74) is 5.96. The first-order valence-corrected chi connectivity index (χ1v) is 5.73. The first-order chi connectivity index (χ1) is 9.11. The second-order valence-corrected chi connectivity index (χ2v) is 4.14. The molecule has 0 spiro atoms. The van der Waals surface area contributed by atoms with Crippen LogP contribution in [-0.2, 0) is 4.74 Å². The molecule has 8 heteroatoms. The number of hydrogen-bond acceptors (Lipinski definition) is 6. The molecule has 1 unspecified atom stereocenters. The van der Waals surface area contributed by atoms with Gasteiger partial charge in [0.1, 0.15) is 5.69 Å². The Balaban J connectivity index is 2.19. The Morgan fingerprint density at radius 3 is 2.95 bits per heavy atom. The van der Waals surface area contributed by atoms with Gasteiger partial charge in [0.05, 0.1) is 11.0 Å². The highest BCUT2D eigenvalue weighted by molar-refractivity contribution is 5.98. The van der Waals surface area contributed by atoms with E-state index in [1.807, 2.05) is 0 Å². The van der Waals surface area contributed by atoms with E-state index < -0.39 is 4.92 Å². The van der Waals surface area contributed by atoms with E-state index in [9.17, 15) is 10.1 Å². The second-order valence-electron chi connectivity index (χ2n) is 4.14. The van der Waals surface area contributed by atoms with E-state index in [0.717, 1.165) is 13.0 Å². The molecule has 0 aliphatic carbocycles. The predicted molar refractivity (Wildman–Crippen MR) is 68.5 cm³/mol. The number of nitro benzene ring substituents is 1. The molecule has 102 valence electrons. The number of hydrogen-bond donors (Lipinski definition) is 3. The first kappa shape index (κ1) is 13.1. The third-order valence-electron chi connectivity index (χ3n) is 2.91. The Morgan fingerprint density at radius 1 is 1.68 bits per heavy atom. The van der Waals surface area contributed by atoms with Crippen molar-refractivity contribution in [3.05, 3.63) is 33.9 Å². The molecule has 0 amide bonds. The zero-order chi connectivity index (χ0) is 13.8. The molecule has 1 fully saturated rings. The highest BCUT2D eigenvalue weighted by Crippen LogP contribution is 2.26. The maximum absolute atomic E-state index is 11.0. The summed E-state index contributed by atoms with van der Waals surface area (Å²) in [4.78, 5) is 10.5. The quantitative estimate of drug-likeness (QED) is 0.239. The van der Waals surface area contributed by atoms with Crippen molar-refractivity contribution in [2.75, 3.05) is 18.5 Å². The fourth-order valence-electron chi connectivity index (χ4n) is 1.72. The molecule has 2 rings (SSSR count). The van der Waals surface area contributed by atoms with E-state index in [1.54, 1.807) is 6.07 Å². The lowest BCUT2D eigenvalue weighted by Gasteiger charge is -2.26. The first-order valence-electron chi connectivity index (χ1n) is 5.73. The van der Waals surface area contributed by atoms with Gasteiger partial charge in [-0.25, -0.2) is 0 Å². The van der Waals surface area contributed by atoms with Crippen LogP contribution in [0.2, 0.25) is 0 Å². The van der Waals surface area contributed by atoms with E-state index in [2.05, 4.69) is 10.5 Å². The van der Waals surface area contributed by atoms with Crippen molar-refractivity contribution in [1.29, 1.82) is 0 Å². The minimum Gasteiger partial charge on any atom is -0.409 e. The van der Waals surface area contributed by atoms with Crippen LogP contribution < -0.4 is 11.1 Å². The molecule has 1 aromatic carbocycles.